The Morgan fingerprint density at radius 3 is 1.25 bits per heavy atom. The van der Waals surface area contributed by atoms with Crippen LogP contribution in [0.25, 0.3) is 0 Å². The van der Waals surface area contributed by atoms with Crippen molar-refractivity contribution in [1.82, 2.24) is 9.44 Å². The Bertz CT molecular complexity index is 368. The molecule has 10 heteroatoms. The Labute approximate surface area is 106 Å². The van der Waals surface area contributed by atoms with Crippen LogP contribution in [0.1, 0.15) is 0 Å². The van der Waals surface area contributed by atoms with Gasteiger partial charge < -0.3 is 0 Å². The van der Waals surface area contributed by atoms with E-state index in [9.17, 15) is 16.8 Å². The minimum absolute atomic E-state index is 0.0903. The fraction of sp³-hybridized carbons (Fsp3) is 1.00. The number of alkyl halides is 2. The number of sulfonamides is 2. The molecule has 16 heavy (non-hydrogen) atoms. The molecule has 0 rings (SSSR count). The zero-order chi connectivity index (χ0) is 13.0. The molecule has 0 saturated carbocycles. The highest BCUT2D eigenvalue weighted by Crippen LogP contribution is 2.03. The van der Waals surface area contributed by atoms with E-state index in [1.165, 1.54) is 0 Å². The highest BCUT2D eigenvalue weighted by Gasteiger charge is 2.25. The normalized spacial score (nSPS) is 17.0. The molecule has 2 N–H and O–H groups in total. The molecule has 98 valence electrons. The van der Waals surface area contributed by atoms with E-state index in [0.717, 1.165) is 12.5 Å². The van der Waals surface area contributed by atoms with Crippen LogP contribution < -0.4 is 9.44 Å². The number of hydrogen-bond donors (Lipinski definition) is 2. The summed E-state index contributed by atoms with van der Waals surface area (Å²) in [4.78, 5) is 0. The molecule has 0 unspecified atom stereocenters. The maximum absolute atomic E-state index is 11.0. The van der Waals surface area contributed by atoms with Crippen LogP contribution in [0.3, 0.4) is 0 Å². The zero-order valence-corrected chi connectivity index (χ0v) is 11.9. The van der Waals surface area contributed by atoms with Crippen molar-refractivity contribution in [3.05, 3.63) is 0 Å². The van der Waals surface area contributed by atoms with Gasteiger partial charge in [-0.1, -0.05) is 0 Å². The van der Waals surface area contributed by atoms with Gasteiger partial charge in [0.05, 0.1) is 24.6 Å². The Morgan fingerprint density at radius 2 is 1.12 bits per heavy atom. The Morgan fingerprint density at radius 1 is 0.875 bits per heavy atom. The molecule has 0 radical (unpaired) electrons. The van der Waals surface area contributed by atoms with Gasteiger partial charge in [0.2, 0.25) is 20.0 Å². The van der Waals surface area contributed by atoms with Crippen LogP contribution in [0.5, 0.6) is 0 Å². The van der Waals surface area contributed by atoms with Gasteiger partial charge in [0.1, 0.15) is 0 Å². The molecule has 0 bridgehead atoms. The fourth-order valence-corrected chi connectivity index (χ4v) is 3.35. The average molecular weight is 313 g/mol. The minimum Gasteiger partial charge on any atom is -0.213 e. The van der Waals surface area contributed by atoms with Crippen molar-refractivity contribution in [3.8, 4) is 0 Å². The molecule has 2 atom stereocenters. The van der Waals surface area contributed by atoms with E-state index in [-0.39, 0.29) is 11.8 Å². The zero-order valence-electron chi connectivity index (χ0n) is 8.77. The first-order valence-corrected chi connectivity index (χ1v) is 9.00. The Balaban J connectivity index is 4.77. The molecule has 6 nitrogen and oxygen atoms in total. The molecular weight excluding hydrogens is 299 g/mol. The summed E-state index contributed by atoms with van der Waals surface area (Å²) in [5.41, 5.74) is 0. The Kier molecular flexibility index (Phi) is 6.52. The number of halogens is 2. The molecule has 0 aliphatic rings. The van der Waals surface area contributed by atoms with E-state index in [0.29, 0.717) is 0 Å². The Hall–Kier alpha value is 0.400. The topological polar surface area (TPSA) is 92.3 Å². The highest BCUT2D eigenvalue weighted by molar-refractivity contribution is 7.89. The van der Waals surface area contributed by atoms with E-state index in [1.54, 1.807) is 0 Å². The summed E-state index contributed by atoms with van der Waals surface area (Å²) in [5.74, 6) is -0.181. The summed E-state index contributed by atoms with van der Waals surface area (Å²) in [6.45, 7) is 0. The van der Waals surface area contributed by atoms with Crippen molar-refractivity contribution >= 4 is 43.2 Å². The summed E-state index contributed by atoms with van der Waals surface area (Å²) in [6.07, 6.45) is 1.91. The first-order valence-electron chi connectivity index (χ1n) is 4.15. The van der Waals surface area contributed by atoms with E-state index < -0.39 is 32.1 Å². The third kappa shape index (κ3) is 7.64. The molecule has 0 aromatic heterocycles. The van der Waals surface area contributed by atoms with Gasteiger partial charge in [-0.15, -0.1) is 23.2 Å². The molecule has 0 aliphatic heterocycles. The molecule has 0 aromatic carbocycles. The van der Waals surface area contributed by atoms with Gasteiger partial charge in [-0.3, -0.25) is 0 Å². The molecule has 0 heterocycles. The third-order valence-electron chi connectivity index (χ3n) is 1.55. The average Bonchev–Trinajstić information content (AvgIpc) is 2.07. The summed E-state index contributed by atoms with van der Waals surface area (Å²) >= 11 is 11.1. The van der Waals surface area contributed by atoms with Crippen LogP contribution in [-0.4, -0.2) is 53.2 Å². The van der Waals surface area contributed by atoms with Crippen LogP contribution in [-0.2, 0) is 20.0 Å². The van der Waals surface area contributed by atoms with E-state index >= 15 is 0 Å². The van der Waals surface area contributed by atoms with Crippen molar-refractivity contribution in [2.24, 2.45) is 0 Å². The summed E-state index contributed by atoms with van der Waals surface area (Å²) in [7, 11) is -6.95. The van der Waals surface area contributed by atoms with Gasteiger partial charge in [0.25, 0.3) is 0 Å². The molecule has 0 aromatic rings. The second-order valence-corrected chi connectivity index (χ2v) is 7.48. The molecule has 0 fully saturated rings. The first kappa shape index (κ1) is 16.4. The predicted molar refractivity (Wildman–Crippen MR) is 65.0 cm³/mol. The lowest BCUT2D eigenvalue weighted by molar-refractivity contribution is 0.497. The molecular formula is C6H14Cl2N2O4S2. The van der Waals surface area contributed by atoms with Crippen LogP contribution in [0.15, 0.2) is 0 Å². The quantitative estimate of drug-likeness (QED) is 0.608. The van der Waals surface area contributed by atoms with Crippen molar-refractivity contribution in [2.45, 2.75) is 12.1 Å². The van der Waals surface area contributed by atoms with Crippen LogP contribution in [0.2, 0.25) is 0 Å². The molecule has 0 amide bonds. The van der Waals surface area contributed by atoms with Crippen molar-refractivity contribution in [2.75, 3.05) is 24.3 Å². The number of nitrogens with one attached hydrogen (secondary N) is 2. The van der Waals surface area contributed by atoms with Gasteiger partial charge in [-0.2, -0.15) is 0 Å². The fourth-order valence-electron chi connectivity index (χ4n) is 0.992. The first-order chi connectivity index (χ1) is 7.09. The van der Waals surface area contributed by atoms with E-state index in [1.807, 2.05) is 0 Å². The van der Waals surface area contributed by atoms with Gasteiger partial charge in [-0.25, -0.2) is 26.3 Å². The second-order valence-electron chi connectivity index (χ2n) is 3.30. The molecule has 0 saturated heterocycles. The SMILES string of the molecule is CS(=O)(=O)N[C@@H](CCl)[C@H](CCl)NS(C)(=O)=O. The monoisotopic (exact) mass is 312 g/mol. The maximum atomic E-state index is 11.0. The highest BCUT2D eigenvalue weighted by atomic mass is 35.5. The lowest BCUT2D eigenvalue weighted by Gasteiger charge is -2.23. The largest absolute Gasteiger partial charge is 0.213 e. The smallest absolute Gasteiger partial charge is 0.209 e. The number of hydrogen-bond acceptors (Lipinski definition) is 4. The van der Waals surface area contributed by atoms with Crippen LogP contribution in [0.4, 0.5) is 0 Å². The van der Waals surface area contributed by atoms with Gasteiger partial charge in [0, 0.05) is 11.8 Å². The van der Waals surface area contributed by atoms with E-state index in [2.05, 4.69) is 9.44 Å². The van der Waals surface area contributed by atoms with Gasteiger partial charge in [-0.05, 0) is 0 Å². The minimum atomic E-state index is -3.47. The van der Waals surface area contributed by atoms with E-state index in [4.69, 9.17) is 23.2 Å². The standard InChI is InChI=1S/C6H14Cl2N2O4S2/c1-15(11,12)9-5(3-7)6(4-8)10-16(2,13)14/h5-6,9-10H,3-4H2,1-2H3/t5-,6-/m0/s1. The van der Waals surface area contributed by atoms with Crippen molar-refractivity contribution in [3.63, 3.8) is 0 Å². The molecule has 0 aliphatic carbocycles. The second kappa shape index (κ2) is 6.36. The van der Waals surface area contributed by atoms with Crippen LogP contribution in [0, 0.1) is 0 Å². The maximum Gasteiger partial charge on any atom is 0.209 e. The summed E-state index contributed by atoms with van der Waals surface area (Å²) in [6, 6.07) is -1.58. The summed E-state index contributed by atoms with van der Waals surface area (Å²) in [5, 5.41) is 0. The third-order valence-corrected chi connectivity index (χ3v) is 3.68. The van der Waals surface area contributed by atoms with Gasteiger partial charge in [0.15, 0.2) is 0 Å². The lowest BCUT2D eigenvalue weighted by Crippen LogP contribution is -2.53. The summed E-state index contributed by atoms with van der Waals surface area (Å²) < 4.78 is 48.4. The van der Waals surface area contributed by atoms with Gasteiger partial charge >= 0.3 is 0 Å². The predicted octanol–water partition coefficient (Wildman–Crippen LogP) is -0.700. The number of rotatable bonds is 7. The van der Waals surface area contributed by atoms with Crippen molar-refractivity contribution in [1.29, 1.82) is 0 Å². The molecule has 0 spiro atoms. The van der Waals surface area contributed by atoms with Crippen molar-refractivity contribution < 1.29 is 16.8 Å². The lowest BCUT2D eigenvalue weighted by atomic mass is 10.2. The van der Waals surface area contributed by atoms with Crippen LogP contribution >= 0.6 is 23.2 Å².